The van der Waals surface area contributed by atoms with Crippen LogP contribution >= 0.6 is 0 Å². The van der Waals surface area contributed by atoms with E-state index in [9.17, 15) is 0 Å². The summed E-state index contributed by atoms with van der Waals surface area (Å²) in [6.45, 7) is 7.06. The zero-order valence-corrected chi connectivity index (χ0v) is 15.2. The highest BCUT2D eigenvalue weighted by Gasteiger charge is 2.39. The van der Waals surface area contributed by atoms with Gasteiger partial charge in [-0.25, -0.2) is 0 Å². The molecule has 0 nitrogen and oxygen atoms in total. The Morgan fingerprint density at radius 2 is 1.12 bits per heavy atom. The van der Waals surface area contributed by atoms with Gasteiger partial charge in [0.1, 0.15) is 0 Å². The second kappa shape index (κ2) is 6.04. The van der Waals surface area contributed by atoms with E-state index < -0.39 is 0 Å². The van der Waals surface area contributed by atoms with Gasteiger partial charge < -0.3 is 0 Å². The smallest absolute Gasteiger partial charge is 0.0156 e. The molecule has 0 amide bonds. The second-order valence-electron chi connectivity index (χ2n) is 7.91. The number of rotatable bonds is 2. The van der Waals surface area contributed by atoms with Crippen LogP contribution in [0.15, 0.2) is 84.9 Å². The summed E-state index contributed by atoms with van der Waals surface area (Å²) in [5.41, 5.74) is 8.47. The highest BCUT2D eigenvalue weighted by molar-refractivity contribution is 6.05. The molecule has 0 radical (unpaired) electrons. The van der Waals surface area contributed by atoms with Crippen molar-refractivity contribution >= 4 is 11.1 Å². The molecule has 0 heteroatoms. The van der Waals surface area contributed by atoms with Crippen molar-refractivity contribution < 1.29 is 0 Å². The molecule has 0 saturated carbocycles. The van der Waals surface area contributed by atoms with Gasteiger partial charge in [0.25, 0.3) is 0 Å². The van der Waals surface area contributed by atoms with E-state index in [1.807, 2.05) is 0 Å². The monoisotopic (exact) mass is 324 g/mol. The molecule has 3 aromatic carbocycles. The average molecular weight is 324 g/mol. The summed E-state index contributed by atoms with van der Waals surface area (Å²) in [4.78, 5) is 0. The lowest BCUT2D eigenvalue weighted by Crippen LogP contribution is -2.18. The Balaban J connectivity index is 2.08. The molecule has 4 rings (SSSR count). The van der Waals surface area contributed by atoms with Crippen LogP contribution in [-0.4, -0.2) is 0 Å². The Hall–Kier alpha value is -2.60. The van der Waals surface area contributed by atoms with Crippen LogP contribution in [-0.2, 0) is 0 Å². The summed E-state index contributed by atoms with van der Waals surface area (Å²) >= 11 is 0. The number of hydrogen-bond acceptors (Lipinski definition) is 0. The SMILES string of the molecule is CC(C)(C)C1C(c2ccccc2)=C(c2ccccc2)c2ccccc21. The van der Waals surface area contributed by atoms with E-state index in [1.54, 1.807) is 0 Å². The Kier molecular flexibility index (Phi) is 3.84. The third-order valence-corrected chi connectivity index (χ3v) is 5.11. The van der Waals surface area contributed by atoms with Crippen LogP contribution < -0.4 is 0 Å². The highest BCUT2D eigenvalue weighted by atomic mass is 14.4. The van der Waals surface area contributed by atoms with E-state index in [1.165, 1.54) is 33.4 Å². The molecule has 0 fully saturated rings. The molecule has 0 spiro atoms. The van der Waals surface area contributed by atoms with Crippen molar-refractivity contribution in [3.8, 4) is 0 Å². The molecule has 25 heavy (non-hydrogen) atoms. The van der Waals surface area contributed by atoms with Crippen LogP contribution in [0.25, 0.3) is 11.1 Å². The fourth-order valence-electron chi connectivity index (χ4n) is 4.17. The van der Waals surface area contributed by atoms with Gasteiger partial charge in [0.15, 0.2) is 0 Å². The predicted molar refractivity (Wildman–Crippen MR) is 107 cm³/mol. The molecular weight excluding hydrogens is 300 g/mol. The number of benzene rings is 3. The van der Waals surface area contributed by atoms with Crippen molar-refractivity contribution in [1.29, 1.82) is 0 Å². The minimum absolute atomic E-state index is 0.151. The van der Waals surface area contributed by atoms with Gasteiger partial charge in [-0.15, -0.1) is 0 Å². The molecular formula is C25H24. The van der Waals surface area contributed by atoms with E-state index in [0.717, 1.165) is 0 Å². The molecule has 1 atom stereocenters. The van der Waals surface area contributed by atoms with Gasteiger partial charge in [-0.05, 0) is 38.8 Å². The van der Waals surface area contributed by atoms with Crippen LogP contribution in [0.3, 0.4) is 0 Å². The lowest BCUT2D eigenvalue weighted by atomic mass is 9.72. The first-order chi connectivity index (χ1) is 12.1. The summed E-state index contributed by atoms with van der Waals surface area (Å²) in [7, 11) is 0. The van der Waals surface area contributed by atoms with Crippen molar-refractivity contribution in [2.45, 2.75) is 26.7 Å². The lowest BCUT2D eigenvalue weighted by Gasteiger charge is -2.31. The van der Waals surface area contributed by atoms with E-state index in [-0.39, 0.29) is 5.41 Å². The zero-order valence-electron chi connectivity index (χ0n) is 15.2. The lowest BCUT2D eigenvalue weighted by molar-refractivity contribution is 0.377. The molecule has 3 aromatic rings. The van der Waals surface area contributed by atoms with Gasteiger partial charge in [-0.2, -0.15) is 0 Å². The predicted octanol–water partition coefficient (Wildman–Crippen LogP) is 6.79. The van der Waals surface area contributed by atoms with E-state index >= 15 is 0 Å². The number of allylic oxidation sites excluding steroid dienone is 1. The molecule has 0 bridgehead atoms. The fraction of sp³-hybridized carbons (Fsp3) is 0.200. The van der Waals surface area contributed by atoms with Crippen LogP contribution in [0, 0.1) is 5.41 Å². The molecule has 1 aliphatic carbocycles. The van der Waals surface area contributed by atoms with Gasteiger partial charge >= 0.3 is 0 Å². The van der Waals surface area contributed by atoms with Gasteiger partial charge in [0, 0.05) is 5.92 Å². The first-order valence-corrected chi connectivity index (χ1v) is 9.01. The van der Waals surface area contributed by atoms with E-state index in [0.29, 0.717) is 5.92 Å². The van der Waals surface area contributed by atoms with Crippen molar-refractivity contribution in [2.24, 2.45) is 5.41 Å². The summed E-state index contributed by atoms with van der Waals surface area (Å²) in [5.74, 6) is 0.390. The third-order valence-electron chi connectivity index (χ3n) is 5.11. The average Bonchev–Trinajstić information content (AvgIpc) is 2.98. The Morgan fingerprint density at radius 1 is 0.600 bits per heavy atom. The molecule has 0 N–H and O–H groups in total. The molecule has 1 unspecified atom stereocenters. The second-order valence-corrected chi connectivity index (χ2v) is 7.91. The van der Waals surface area contributed by atoms with E-state index in [2.05, 4.69) is 106 Å². The maximum absolute atomic E-state index is 2.35. The normalized spacial score (nSPS) is 16.8. The molecule has 1 aliphatic rings. The molecule has 124 valence electrons. The summed E-state index contributed by atoms with van der Waals surface area (Å²) in [6.07, 6.45) is 0. The molecule has 0 heterocycles. The Morgan fingerprint density at radius 3 is 1.72 bits per heavy atom. The third kappa shape index (κ3) is 2.72. The van der Waals surface area contributed by atoms with Crippen LogP contribution in [0.4, 0.5) is 0 Å². The van der Waals surface area contributed by atoms with Crippen LogP contribution in [0.1, 0.15) is 48.9 Å². The first-order valence-electron chi connectivity index (χ1n) is 9.01. The maximum atomic E-state index is 2.35. The van der Waals surface area contributed by atoms with E-state index in [4.69, 9.17) is 0 Å². The standard InChI is InChI=1S/C25H24/c1-25(2,3)24-21-17-11-10-16-20(21)22(18-12-6-4-7-13-18)23(24)19-14-8-5-9-15-19/h4-17,24H,1-3H3. The van der Waals surface area contributed by atoms with Gasteiger partial charge in [-0.1, -0.05) is 106 Å². The molecule has 0 aromatic heterocycles. The van der Waals surface area contributed by atoms with Crippen LogP contribution in [0.5, 0.6) is 0 Å². The van der Waals surface area contributed by atoms with Crippen molar-refractivity contribution in [3.63, 3.8) is 0 Å². The molecule has 0 aliphatic heterocycles. The zero-order chi connectivity index (χ0) is 17.4. The number of hydrogen-bond donors (Lipinski definition) is 0. The summed E-state index contributed by atoms with van der Waals surface area (Å²) in [6, 6.07) is 30.7. The highest BCUT2D eigenvalue weighted by Crippen LogP contribution is 2.55. The van der Waals surface area contributed by atoms with Gasteiger partial charge in [0.2, 0.25) is 0 Å². The van der Waals surface area contributed by atoms with Gasteiger partial charge in [0.05, 0.1) is 0 Å². The quantitative estimate of drug-likeness (QED) is 0.487. The van der Waals surface area contributed by atoms with Crippen LogP contribution in [0.2, 0.25) is 0 Å². The maximum Gasteiger partial charge on any atom is 0.0156 e. The van der Waals surface area contributed by atoms with Gasteiger partial charge in [-0.3, -0.25) is 0 Å². The summed E-state index contributed by atoms with van der Waals surface area (Å²) < 4.78 is 0. The minimum Gasteiger partial charge on any atom is -0.0622 e. The summed E-state index contributed by atoms with van der Waals surface area (Å²) in [5, 5.41) is 0. The Bertz CT molecular complexity index is 909. The van der Waals surface area contributed by atoms with Crippen molar-refractivity contribution in [3.05, 3.63) is 107 Å². The van der Waals surface area contributed by atoms with Crippen molar-refractivity contribution in [2.75, 3.05) is 0 Å². The topological polar surface area (TPSA) is 0 Å². The molecule has 0 saturated heterocycles. The van der Waals surface area contributed by atoms with Crippen molar-refractivity contribution in [1.82, 2.24) is 0 Å². The minimum atomic E-state index is 0.151. The largest absolute Gasteiger partial charge is 0.0622 e. The fourth-order valence-corrected chi connectivity index (χ4v) is 4.17. The Labute approximate surface area is 150 Å². The first kappa shape index (κ1) is 15.9. The number of fused-ring (bicyclic) bond motifs is 1.